The predicted molar refractivity (Wildman–Crippen MR) is 117 cm³/mol. The summed E-state index contributed by atoms with van der Waals surface area (Å²) >= 11 is 0. The smallest absolute Gasteiger partial charge is 0.286 e. The van der Waals surface area contributed by atoms with E-state index in [9.17, 15) is 9.90 Å². The number of hydrogen-bond acceptors (Lipinski definition) is 4. The normalized spacial score (nSPS) is 20.9. The van der Waals surface area contributed by atoms with Crippen LogP contribution in [0.2, 0.25) is 0 Å². The second-order valence-electron chi connectivity index (χ2n) is 8.24. The van der Waals surface area contributed by atoms with Gasteiger partial charge in [0, 0.05) is 35.5 Å². The molecule has 0 bridgehead atoms. The summed E-state index contributed by atoms with van der Waals surface area (Å²) in [5.41, 5.74) is 4.06. The zero-order chi connectivity index (χ0) is 21.2. The number of aliphatic hydroxyl groups is 1. The summed E-state index contributed by atoms with van der Waals surface area (Å²) in [5, 5.41) is 13.4. The molecule has 1 aliphatic carbocycles. The van der Waals surface area contributed by atoms with Gasteiger partial charge in [0.25, 0.3) is 5.91 Å². The third-order valence-corrected chi connectivity index (χ3v) is 5.86. The molecule has 1 fully saturated rings. The molecule has 6 nitrogen and oxygen atoms in total. The summed E-state index contributed by atoms with van der Waals surface area (Å²) in [6, 6.07) is 16.0. The van der Waals surface area contributed by atoms with Crippen LogP contribution in [0.5, 0.6) is 0 Å². The molecular formula is C25H26N2O4. The van der Waals surface area contributed by atoms with E-state index in [-0.39, 0.29) is 24.5 Å². The van der Waals surface area contributed by atoms with Gasteiger partial charge < -0.3 is 24.9 Å². The van der Waals surface area contributed by atoms with Gasteiger partial charge in [-0.25, -0.2) is 0 Å². The molecule has 1 aliphatic heterocycles. The molecule has 160 valence electrons. The number of aromatic amines is 1. The molecule has 3 N–H and O–H groups in total. The van der Waals surface area contributed by atoms with E-state index in [4.69, 9.17) is 9.47 Å². The monoisotopic (exact) mass is 418 g/mol. The van der Waals surface area contributed by atoms with E-state index in [1.165, 1.54) is 0 Å². The van der Waals surface area contributed by atoms with Crippen LogP contribution in [-0.2, 0) is 27.5 Å². The van der Waals surface area contributed by atoms with E-state index in [1.54, 1.807) is 0 Å². The molecule has 0 unspecified atom stereocenters. The molecule has 2 heterocycles. The number of allylic oxidation sites excluding steroid dienone is 1. The van der Waals surface area contributed by atoms with E-state index in [0.717, 1.165) is 40.4 Å². The molecule has 5 rings (SSSR count). The number of para-hydroxylation sites is 1. The Morgan fingerprint density at radius 1 is 1.13 bits per heavy atom. The van der Waals surface area contributed by atoms with Gasteiger partial charge in [0.05, 0.1) is 13.2 Å². The van der Waals surface area contributed by atoms with Crippen LogP contribution in [0.1, 0.15) is 41.9 Å². The van der Waals surface area contributed by atoms with Gasteiger partial charge in [-0.1, -0.05) is 42.5 Å². The highest BCUT2D eigenvalue weighted by molar-refractivity contribution is 5.92. The molecule has 1 aromatic heterocycles. The number of H-pyrrole nitrogens is 1. The molecule has 2 aromatic carbocycles. The third-order valence-electron chi connectivity index (χ3n) is 5.86. The topological polar surface area (TPSA) is 83.6 Å². The fraction of sp³-hybridized carbons (Fsp3) is 0.320. The Hall–Kier alpha value is -3.09. The number of ether oxygens (including phenoxy) is 2. The molecule has 31 heavy (non-hydrogen) atoms. The maximum absolute atomic E-state index is 12.7. The molecular weight excluding hydrogens is 392 g/mol. The van der Waals surface area contributed by atoms with Gasteiger partial charge in [0.1, 0.15) is 0 Å². The van der Waals surface area contributed by atoms with Crippen molar-refractivity contribution >= 4 is 16.8 Å². The van der Waals surface area contributed by atoms with Gasteiger partial charge in [0.15, 0.2) is 5.76 Å². The Morgan fingerprint density at radius 2 is 1.90 bits per heavy atom. The first-order chi connectivity index (χ1) is 15.2. The van der Waals surface area contributed by atoms with E-state index in [1.807, 2.05) is 54.7 Å². The summed E-state index contributed by atoms with van der Waals surface area (Å²) in [6.07, 6.45) is 6.07. The third kappa shape index (κ3) is 4.50. The number of rotatable bonds is 7. The molecule has 0 radical (unpaired) electrons. The molecule has 1 saturated carbocycles. The Balaban J connectivity index is 1.36. The fourth-order valence-corrected chi connectivity index (χ4v) is 3.95. The number of amides is 1. The van der Waals surface area contributed by atoms with Crippen LogP contribution in [0.25, 0.3) is 10.9 Å². The first-order valence-corrected chi connectivity index (χ1v) is 10.8. The number of aromatic nitrogens is 1. The largest absolute Gasteiger partial charge is 0.459 e. The zero-order valence-corrected chi connectivity index (χ0v) is 17.2. The maximum atomic E-state index is 12.7. The van der Waals surface area contributed by atoms with Crippen molar-refractivity contribution in [2.24, 2.45) is 0 Å². The van der Waals surface area contributed by atoms with Crippen molar-refractivity contribution in [1.82, 2.24) is 10.3 Å². The molecule has 0 saturated heterocycles. The number of benzene rings is 2. The van der Waals surface area contributed by atoms with E-state index < -0.39 is 6.29 Å². The van der Waals surface area contributed by atoms with Gasteiger partial charge >= 0.3 is 0 Å². The number of fused-ring (bicyclic) bond motifs is 1. The minimum atomic E-state index is -0.527. The van der Waals surface area contributed by atoms with Gasteiger partial charge in [-0.05, 0) is 41.7 Å². The van der Waals surface area contributed by atoms with Crippen molar-refractivity contribution in [3.05, 3.63) is 83.3 Å². The quantitative estimate of drug-likeness (QED) is 0.544. The lowest BCUT2D eigenvalue weighted by atomic mass is 9.92. The maximum Gasteiger partial charge on any atom is 0.286 e. The Labute approximate surface area is 180 Å². The van der Waals surface area contributed by atoms with Crippen LogP contribution in [0, 0.1) is 0 Å². The Bertz CT molecular complexity index is 1100. The van der Waals surface area contributed by atoms with Crippen molar-refractivity contribution in [3.63, 3.8) is 0 Å². The van der Waals surface area contributed by atoms with Gasteiger partial charge in [-0.15, -0.1) is 0 Å². The first kappa shape index (κ1) is 19.8. The standard InChI is InChI=1S/C25H26N2O4/c28-14-16-5-7-17(8-6-16)15-30-24-12-18(11-23(31-24)25(29)27-19-9-10-19)21-13-26-22-4-2-1-3-20(21)22/h1-8,11,13,18-19,24,26,28H,9-10,12,14-15H2,(H,27,29)/t18-,24+/m0/s1. The summed E-state index contributed by atoms with van der Waals surface area (Å²) in [6.45, 7) is 0.387. The highest BCUT2D eigenvalue weighted by Gasteiger charge is 2.32. The average molecular weight is 418 g/mol. The number of hydrogen-bond donors (Lipinski definition) is 3. The Morgan fingerprint density at radius 3 is 2.68 bits per heavy atom. The second-order valence-corrected chi connectivity index (χ2v) is 8.24. The van der Waals surface area contributed by atoms with Crippen LogP contribution in [0.15, 0.2) is 66.6 Å². The summed E-state index contributed by atoms with van der Waals surface area (Å²) in [5.74, 6) is 0.161. The number of carbonyl (C=O) groups excluding carboxylic acids is 1. The number of carbonyl (C=O) groups is 1. The second kappa shape index (κ2) is 8.57. The minimum absolute atomic E-state index is 0.00613. The van der Waals surface area contributed by atoms with Crippen molar-refractivity contribution in [3.8, 4) is 0 Å². The molecule has 2 atom stereocenters. The summed E-state index contributed by atoms with van der Waals surface area (Å²) < 4.78 is 12.0. The van der Waals surface area contributed by atoms with Gasteiger partial charge in [0.2, 0.25) is 6.29 Å². The summed E-state index contributed by atoms with van der Waals surface area (Å²) in [7, 11) is 0. The minimum Gasteiger partial charge on any atom is -0.459 e. The van der Waals surface area contributed by atoms with Crippen molar-refractivity contribution in [2.75, 3.05) is 0 Å². The summed E-state index contributed by atoms with van der Waals surface area (Å²) in [4.78, 5) is 16.0. The Kier molecular flexibility index (Phi) is 5.49. The molecule has 0 spiro atoms. The highest BCUT2D eigenvalue weighted by atomic mass is 16.7. The van der Waals surface area contributed by atoms with Crippen LogP contribution in [-0.4, -0.2) is 28.3 Å². The average Bonchev–Trinajstić information content (AvgIpc) is 3.52. The van der Waals surface area contributed by atoms with Crippen LogP contribution < -0.4 is 5.32 Å². The predicted octanol–water partition coefficient (Wildman–Crippen LogP) is 3.87. The lowest BCUT2D eigenvalue weighted by Gasteiger charge is -2.29. The first-order valence-electron chi connectivity index (χ1n) is 10.8. The molecule has 2 aliphatic rings. The highest BCUT2D eigenvalue weighted by Crippen LogP contribution is 2.36. The van der Waals surface area contributed by atoms with Crippen LogP contribution in [0.4, 0.5) is 0 Å². The van der Waals surface area contributed by atoms with Crippen molar-refractivity contribution < 1.29 is 19.4 Å². The van der Waals surface area contributed by atoms with Crippen LogP contribution in [0.3, 0.4) is 0 Å². The van der Waals surface area contributed by atoms with Gasteiger partial charge in [-0.2, -0.15) is 0 Å². The number of nitrogens with one attached hydrogen (secondary N) is 2. The van der Waals surface area contributed by atoms with Crippen LogP contribution >= 0.6 is 0 Å². The van der Waals surface area contributed by atoms with Gasteiger partial charge in [-0.3, -0.25) is 4.79 Å². The van der Waals surface area contributed by atoms with Crippen molar-refractivity contribution in [1.29, 1.82) is 0 Å². The lowest BCUT2D eigenvalue weighted by molar-refractivity contribution is -0.150. The molecule has 6 heteroatoms. The molecule has 1 amide bonds. The van der Waals surface area contributed by atoms with E-state index >= 15 is 0 Å². The SMILES string of the molecule is O=C(NC1CC1)C1=C[C@H](c2c[nH]c3ccccc23)C[C@H](OCc2ccc(CO)cc2)O1. The molecule has 3 aromatic rings. The van der Waals surface area contributed by atoms with E-state index in [0.29, 0.717) is 18.8 Å². The fourth-order valence-electron chi connectivity index (χ4n) is 3.95. The van der Waals surface area contributed by atoms with E-state index in [2.05, 4.69) is 16.4 Å². The lowest BCUT2D eigenvalue weighted by Crippen LogP contribution is -2.33. The van der Waals surface area contributed by atoms with Crippen molar-refractivity contribution in [2.45, 2.75) is 50.7 Å². The number of aliphatic hydroxyl groups excluding tert-OH is 1. The zero-order valence-electron chi connectivity index (χ0n) is 17.2.